The van der Waals surface area contributed by atoms with Gasteiger partial charge >= 0.3 is 5.97 Å². The van der Waals surface area contributed by atoms with Gasteiger partial charge in [0.15, 0.2) is 5.78 Å². The first kappa shape index (κ1) is 32.9. The number of benzene rings is 4. The Balaban J connectivity index is 1.21. The van der Waals surface area contributed by atoms with Crippen LogP contribution in [0.25, 0.3) is 6.08 Å². The van der Waals surface area contributed by atoms with E-state index in [0.717, 1.165) is 16.0 Å². The first-order valence-electron chi connectivity index (χ1n) is 15.3. The monoisotopic (exact) mass is 644 g/mol. The van der Waals surface area contributed by atoms with E-state index in [1.807, 2.05) is 102 Å². The minimum absolute atomic E-state index is 0.0883. The van der Waals surface area contributed by atoms with Crippen LogP contribution in [0.15, 0.2) is 133 Å². The number of rotatable bonds is 15. The fourth-order valence-corrected chi connectivity index (χ4v) is 5.64. The summed E-state index contributed by atoms with van der Waals surface area (Å²) in [5.74, 6) is -0.0176. The van der Waals surface area contributed by atoms with Crippen molar-refractivity contribution in [3.8, 4) is 5.75 Å². The summed E-state index contributed by atoms with van der Waals surface area (Å²) in [5.41, 5.74) is 3.51. The average Bonchev–Trinajstić information content (AvgIpc) is 3.65. The van der Waals surface area contributed by atoms with Gasteiger partial charge in [-0.1, -0.05) is 91.0 Å². The Morgan fingerprint density at radius 2 is 1.51 bits per heavy atom. The first-order valence-corrected chi connectivity index (χ1v) is 16.2. The maximum Gasteiger partial charge on any atom is 0.328 e. The molecule has 0 fully saturated rings. The number of carbonyl (C=O) groups is 3. The molecule has 5 rings (SSSR count). The molecule has 1 atom stereocenters. The Morgan fingerprint density at radius 1 is 0.809 bits per heavy atom. The van der Waals surface area contributed by atoms with Crippen LogP contribution in [0.2, 0.25) is 0 Å². The zero-order chi connectivity index (χ0) is 32.8. The van der Waals surface area contributed by atoms with E-state index in [2.05, 4.69) is 5.32 Å². The Labute approximate surface area is 279 Å². The van der Waals surface area contributed by atoms with E-state index >= 15 is 0 Å². The standard InChI is InChI=1S/C39H36N2O5S/c1-45-39(44)36(40-35-17-9-8-16-34(35)38(43)31-13-6-3-7-14-31)27-29-18-20-32(21-19-29)46-25-24-41(28-30-11-4-2-5-12-30)37(42)23-22-33-15-10-26-47-33/h2-23,26,36,40H,24-25,27-28H2,1H3. The number of hydrogen-bond donors (Lipinski definition) is 1. The van der Waals surface area contributed by atoms with Gasteiger partial charge in [0.05, 0.1) is 13.7 Å². The number of carbonyl (C=O) groups excluding carboxylic acids is 3. The smallest absolute Gasteiger partial charge is 0.328 e. The third-order valence-electron chi connectivity index (χ3n) is 7.48. The molecule has 1 unspecified atom stereocenters. The van der Waals surface area contributed by atoms with Crippen molar-refractivity contribution in [1.82, 2.24) is 4.90 Å². The lowest BCUT2D eigenvalue weighted by Gasteiger charge is -2.22. The van der Waals surface area contributed by atoms with Crippen LogP contribution >= 0.6 is 11.3 Å². The molecule has 1 N–H and O–H groups in total. The van der Waals surface area contributed by atoms with Gasteiger partial charge in [-0.05, 0) is 52.9 Å². The van der Waals surface area contributed by atoms with E-state index in [1.54, 1.807) is 52.6 Å². The molecule has 238 valence electrons. The van der Waals surface area contributed by atoms with Crippen LogP contribution in [0.5, 0.6) is 5.75 Å². The number of hydrogen-bond acceptors (Lipinski definition) is 7. The third kappa shape index (κ3) is 9.51. The molecule has 0 radical (unpaired) electrons. The predicted molar refractivity (Wildman–Crippen MR) is 187 cm³/mol. The molecule has 0 spiro atoms. The Hall–Kier alpha value is -5.47. The minimum atomic E-state index is -0.726. The molecular weight excluding hydrogens is 609 g/mol. The lowest BCUT2D eigenvalue weighted by atomic mass is 10.00. The summed E-state index contributed by atoms with van der Waals surface area (Å²) < 4.78 is 11.1. The normalized spacial score (nSPS) is 11.5. The molecule has 4 aromatic carbocycles. The quantitative estimate of drug-likeness (QED) is 0.0732. The highest BCUT2D eigenvalue weighted by Crippen LogP contribution is 2.22. The number of anilines is 1. The number of ether oxygens (including phenoxy) is 2. The maximum atomic E-state index is 13.2. The van der Waals surface area contributed by atoms with Crippen molar-refractivity contribution in [3.63, 3.8) is 0 Å². The van der Waals surface area contributed by atoms with E-state index in [4.69, 9.17) is 9.47 Å². The molecule has 1 amide bonds. The van der Waals surface area contributed by atoms with Crippen molar-refractivity contribution in [3.05, 3.63) is 160 Å². The van der Waals surface area contributed by atoms with Crippen LogP contribution in [0.1, 0.15) is 31.9 Å². The number of nitrogens with zero attached hydrogens (tertiary/aromatic N) is 1. The SMILES string of the molecule is COC(=O)C(Cc1ccc(OCCN(Cc2ccccc2)C(=O)C=Cc2cccs2)cc1)Nc1ccccc1C(=O)c1ccccc1. The maximum absolute atomic E-state index is 13.2. The molecule has 0 saturated heterocycles. The molecule has 0 bridgehead atoms. The van der Waals surface area contributed by atoms with Gasteiger partial charge in [-0.2, -0.15) is 0 Å². The summed E-state index contributed by atoms with van der Waals surface area (Å²) in [6, 6.07) is 36.7. The highest BCUT2D eigenvalue weighted by atomic mass is 32.1. The Bertz CT molecular complexity index is 1770. The van der Waals surface area contributed by atoms with Crippen LogP contribution in [0, 0.1) is 0 Å². The van der Waals surface area contributed by atoms with Gasteiger partial charge < -0.3 is 19.7 Å². The summed E-state index contributed by atoms with van der Waals surface area (Å²) in [7, 11) is 1.35. The van der Waals surface area contributed by atoms with Crippen LogP contribution in [-0.4, -0.2) is 48.9 Å². The van der Waals surface area contributed by atoms with Crippen molar-refractivity contribution in [2.24, 2.45) is 0 Å². The molecule has 1 aromatic heterocycles. The lowest BCUT2D eigenvalue weighted by molar-refractivity contribution is -0.141. The molecule has 5 aromatic rings. The largest absolute Gasteiger partial charge is 0.492 e. The molecule has 8 heteroatoms. The Kier molecular flexibility index (Phi) is 11.7. The summed E-state index contributed by atoms with van der Waals surface area (Å²) in [5, 5.41) is 5.22. The average molecular weight is 645 g/mol. The molecular formula is C39H36N2O5S. The summed E-state index contributed by atoms with van der Waals surface area (Å²) >= 11 is 1.58. The summed E-state index contributed by atoms with van der Waals surface area (Å²) in [4.78, 5) is 41.9. The summed E-state index contributed by atoms with van der Waals surface area (Å²) in [6.45, 7) is 1.18. The number of ketones is 1. The highest BCUT2D eigenvalue weighted by molar-refractivity contribution is 7.10. The van der Waals surface area contributed by atoms with E-state index in [0.29, 0.717) is 48.7 Å². The van der Waals surface area contributed by atoms with Gasteiger partial charge in [0.25, 0.3) is 0 Å². The van der Waals surface area contributed by atoms with Crippen molar-refractivity contribution in [1.29, 1.82) is 0 Å². The second kappa shape index (κ2) is 16.7. The van der Waals surface area contributed by atoms with Crippen molar-refractivity contribution >= 4 is 40.8 Å². The van der Waals surface area contributed by atoms with Crippen LogP contribution in [0.3, 0.4) is 0 Å². The zero-order valence-electron chi connectivity index (χ0n) is 26.1. The van der Waals surface area contributed by atoms with Crippen LogP contribution < -0.4 is 10.1 Å². The second-order valence-electron chi connectivity index (χ2n) is 10.8. The number of amides is 1. The Morgan fingerprint density at radius 3 is 2.21 bits per heavy atom. The summed E-state index contributed by atoms with van der Waals surface area (Å²) in [6.07, 6.45) is 3.77. The van der Waals surface area contributed by atoms with Crippen molar-refractivity contribution < 1.29 is 23.9 Å². The lowest BCUT2D eigenvalue weighted by Crippen LogP contribution is -2.33. The number of esters is 1. The van der Waals surface area contributed by atoms with Gasteiger partial charge in [0.1, 0.15) is 18.4 Å². The molecule has 47 heavy (non-hydrogen) atoms. The van der Waals surface area contributed by atoms with Crippen molar-refractivity contribution in [2.45, 2.75) is 19.0 Å². The second-order valence-corrected chi connectivity index (χ2v) is 11.7. The fraction of sp³-hybridized carbons (Fsp3) is 0.154. The van der Waals surface area contributed by atoms with Crippen LogP contribution in [-0.2, 0) is 27.3 Å². The third-order valence-corrected chi connectivity index (χ3v) is 8.32. The van der Waals surface area contributed by atoms with E-state index in [1.165, 1.54) is 7.11 Å². The number of methoxy groups -OCH3 is 1. The number of para-hydroxylation sites is 1. The fourth-order valence-electron chi connectivity index (χ4n) is 5.02. The van der Waals surface area contributed by atoms with Gasteiger partial charge in [-0.15, -0.1) is 11.3 Å². The molecule has 0 aliphatic carbocycles. The van der Waals surface area contributed by atoms with E-state index < -0.39 is 12.0 Å². The minimum Gasteiger partial charge on any atom is -0.492 e. The van der Waals surface area contributed by atoms with Crippen LogP contribution in [0.4, 0.5) is 5.69 Å². The van der Waals surface area contributed by atoms with Gasteiger partial charge in [-0.3, -0.25) is 9.59 Å². The van der Waals surface area contributed by atoms with Gasteiger partial charge in [0, 0.05) is 40.7 Å². The predicted octanol–water partition coefficient (Wildman–Crippen LogP) is 7.30. The van der Waals surface area contributed by atoms with E-state index in [-0.39, 0.29) is 11.7 Å². The number of thiophene rings is 1. The molecule has 7 nitrogen and oxygen atoms in total. The first-order chi connectivity index (χ1) is 23.0. The van der Waals surface area contributed by atoms with Gasteiger partial charge in [0.2, 0.25) is 5.91 Å². The number of nitrogens with one attached hydrogen (secondary N) is 1. The zero-order valence-corrected chi connectivity index (χ0v) is 26.9. The highest BCUT2D eigenvalue weighted by Gasteiger charge is 2.23. The molecule has 1 heterocycles. The molecule has 0 aliphatic heterocycles. The van der Waals surface area contributed by atoms with Crippen molar-refractivity contribution in [2.75, 3.05) is 25.6 Å². The van der Waals surface area contributed by atoms with E-state index in [9.17, 15) is 14.4 Å². The van der Waals surface area contributed by atoms with Gasteiger partial charge in [-0.25, -0.2) is 4.79 Å². The topological polar surface area (TPSA) is 84.9 Å². The molecule has 0 aliphatic rings. The molecule has 0 saturated carbocycles.